The van der Waals surface area contributed by atoms with Gasteiger partial charge in [-0.05, 0) is 31.0 Å². The third-order valence-corrected chi connectivity index (χ3v) is 4.56. The summed E-state index contributed by atoms with van der Waals surface area (Å²) < 4.78 is 0. The molecule has 5 nitrogen and oxygen atoms in total. The average molecular weight is 322 g/mol. The molecule has 2 fully saturated rings. The fraction of sp³-hybridized carbons (Fsp3) is 0.500. The lowest BCUT2D eigenvalue weighted by Gasteiger charge is -2.40. The second-order valence-corrected chi connectivity index (χ2v) is 6.42. The average Bonchev–Trinajstić information content (AvgIpc) is 2.48. The van der Waals surface area contributed by atoms with Gasteiger partial charge in [-0.15, -0.1) is 0 Å². The molecule has 0 radical (unpaired) electrons. The monoisotopic (exact) mass is 321 g/mol. The van der Waals surface area contributed by atoms with Crippen molar-refractivity contribution >= 4 is 29.1 Å². The molecule has 1 heterocycles. The molecule has 0 unspecified atom stereocenters. The predicted octanol–water partition coefficient (Wildman–Crippen LogP) is 2.07. The van der Waals surface area contributed by atoms with Gasteiger partial charge in [-0.2, -0.15) is 0 Å². The van der Waals surface area contributed by atoms with Crippen molar-refractivity contribution in [1.29, 1.82) is 0 Å². The maximum absolute atomic E-state index is 12.1. The van der Waals surface area contributed by atoms with Gasteiger partial charge in [0.25, 0.3) is 0 Å². The molecule has 3 atom stereocenters. The number of nitrogens with one attached hydrogen (secondary N) is 3. The van der Waals surface area contributed by atoms with Crippen LogP contribution in [0.25, 0.3) is 0 Å². The van der Waals surface area contributed by atoms with Crippen LogP contribution in [0.2, 0.25) is 5.02 Å². The number of anilines is 1. The fourth-order valence-electron chi connectivity index (χ4n) is 3.24. The Morgan fingerprint density at radius 3 is 2.82 bits per heavy atom. The highest BCUT2D eigenvalue weighted by Gasteiger charge is 2.36. The maximum Gasteiger partial charge on any atom is 0.237 e. The largest absolute Gasteiger partial charge is 0.350 e. The highest BCUT2D eigenvalue weighted by atomic mass is 35.5. The molecule has 0 spiro atoms. The Labute approximate surface area is 134 Å². The van der Waals surface area contributed by atoms with Gasteiger partial charge < -0.3 is 16.0 Å². The van der Waals surface area contributed by atoms with Crippen molar-refractivity contribution in [2.45, 2.75) is 50.2 Å². The zero-order chi connectivity index (χ0) is 15.5. The predicted molar refractivity (Wildman–Crippen MR) is 85.8 cm³/mol. The number of fused-ring (bicyclic) bond motifs is 1. The minimum atomic E-state index is -0.460. The molecular formula is C16H20ClN3O2. The van der Waals surface area contributed by atoms with Gasteiger partial charge in [0.15, 0.2) is 0 Å². The van der Waals surface area contributed by atoms with E-state index in [9.17, 15) is 9.59 Å². The first-order valence-corrected chi connectivity index (χ1v) is 8.11. The number of amides is 2. The first kappa shape index (κ1) is 15.3. The van der Waals surface area contributed by atoms with E-state index in [1.54, 1.807) is 24.3 Å². The Hall–Kier alpha value is -1.59. The number of rotatable bonds is 3. The lowest BCUT2D eigenvalue weighted by molar-refractivity contribution is -0.129. The fourth-order valence-corrected chi connectivity index (χ4v) is 3.43. The van der Waals surface area contributed by atoms with Gasteiger partial charge in [0.2, 0.25) is 11.8 Å². The molecule has 2 aliphatic rings. The van der Waals surface area contributed by atoms with Crippen molar-refractivity contribution < 1.29 is 9.59 Å². The van der Waals surface area contributed by atoms with Crippen LogP contribution < -0.4 is 16.0 Å². The molecule has 118 valence electrons. The van der Waals surface area contributed by atoms with Crippen LogP contribution in [0.3, 0.4) is 0 Å². The Morgan fingerprint density at radius 2 is 2.05 bits per heavy atom. The van der Waals surface area contributed by atoms with Gasteiger partial charge >= 0.3 is 0 Å². The molecule has 3 N–H and O–H groups in total. The summed E-state index contributed by atoms with van der Waals surface area (Å²) in [5, 5.41) is 9.72. The van der Waals surface area contributed by atoms with E-state index in [1.807, 2.05) is 0 Å². The van der Waals surface area contributed by atoms with Gasteiger partial charge in [0, 0.05) is 22.8 Å². The van der Waals surface area contributed by atoms with E-state index in [2.05, 4.69) is 16.0 Å². The minimum absolute atomic E-state index is 0.0793. The first-order valence-electron chi connectivity index (χ1n) is 7.73. The van der Waals surface area contributed by atoms with Crippen molar-refractivity contribution in [3.8, 4) is 0 Å². The van der Waals surface area contributed by atoms with Gasteiger partial charge in [0.05, 0.1) is 12.5 Å². The summed E-state index contributed by atoms with van der Waals surface area (Å²) in [7, 11) is 0. The van der Waals surface area contributed by atoms with Crippen molar-refractivity contribution in [2.24, 2.45) is 0 Å². The quantitative estimate of drug-likeness (QED) is 0.798. The van der Waals surface area contributed by atoms with Crippen LogP contribution in [0.4, 0.5) is 5.69 Å². The van der Waals surface area contributed by atoms with Gasteiger partial charge in [-0.1, -0.05) is 30.5 Å². The van der Waals surface area contributed by atoms with Crippen LogP contribution in [0.5, 0.6) is 0 Å². The van der Waals surface area contributed by atoms with Crippen molar-refractivity contribution in [1.82, 2.24) is 10.6 Å². The molecule has 6 heteroatoms. The summed E-state index contributed by atoms with van der Waals surface area (Å²) in [6, 6.07) is 7.02. The van der Waals surface area contributed by atoms with E-state index in [-0.39, 0.29) is 30.3 Å². The number of carbonyl (C=O) groups excluding carboxylic acids is 2. The van der Waals surface area contributed by atoms with E-state index in [1.165, 1.54) is 6.42 Å². The maximum atomic E-state index is 12.1. The van der Waals surface area contributed by atoms with Gasteiger partial charge in [0.1, 0.15) is 0 Å². The number of halogens is 1. The van der Waals surface area contributed by atoms with Crippen LogP contribution in [0, 0.1) is 0 Å². The Kier molecular flexibility index (Phi) is 4.64. The first-order chi connectivity index (χ1) is 10.6. The summed E-state index contributed by atoms with van der Waals surface area (Å²) in [5.41, 5.74) is 0.643. The SMILES string of the molecule is O=C(C[C@@H]1N[C@H]2CCCC[C@@H]2NC1=O)Nc1cccc(Cl)c1. The highest BCUT2D eigenvalue weighted by molar-refractivity contribution is 6.30. The molecule has 22 heavy (non-hydrogen) atoms. The molecule has 0 bridgehead atoms. The summed E-state index contributed by atoms with van der Waals surface area (Å²) in [5.74, 6) is -0.270. The number of benzene rings is 1. The molecule has 1 saturated carbocycles. The van der Waals surface area contributed by atoms with Crippen molar-refractivity contribution in [3.63, 3.8) is 0 Å². The van der Waals surface area contributed by atoms with Gasteiger partial charge in [-0.25, -0.2) is 0 Å². The molecule has 1 aromatic carbocycles. The molecular weight excluding hydrogens is 302 g/mol. The third kappa shape index (κ3) is 3.59. The van der Waals surface area contributed by atoms with Crippen LogP contribution in [0.15, 0.2) is 24.3 Å². The standard InChI is InChI=1S/C16H20ClN3O2/c17-10-4-3-5-11(8-10)18-15(21)9-14-16(22)20-13-7-2-1-6-12(13)19-14/h3-5,8,12-14,19H,1-2,6-7,9H2,(H,18,21)(H,20,22)/t12-,13-,14-/m0/s1. The van der Waals surface area contributed by atoms with Crippen molar-refractivity contribution in [2.75, 3.05) is 5.32 Å². The smallest absolute Gasteiger partial charge is 0.237 e. The second kappa shape index (κ2) is 6.67. The summed E-state index contributed by atoms with van der Waals surface area (Å²) in [6.07, 6.45) is 4.53. The lowest BCUT2D eigenvalue weighted by Crippen LogP contribution is -2.65. The second-order valence-electron chi connectivity index (χ2n) is 5.99. The molecule has 0 aromatic heterocycles. The Balaban J connectivity index is 1.57. The molecule has 1 saturated heterocycles. The topological polar surface area (TPSA) is 70.2 Å². The summed E-state index contributed by atoms with van der Waals surface area (Å²) in [4.78, 5) is 24.2. The van der Waals surface area contributed by atoms with Crippen LogP contribution >= 0.6 is 11.6 Å². The van der Waals surface area contributed by atoms with Crippen LogP contribution in [-0.2, 0) is 9.59 Å². The third-order valence-electron chi connectivity index (χ3n) is 4.32. The number of hydrogen-bond donors (Lipinski definition) is 3. The molecule has 1 aliphatic heterocycles. The van der Waals surface area contributed by atoms with E-state index in [4.69, 9.17) is 11.6 Å². The normalized spacial score (nSPS) is 27.7. The summed E-state index contributed by atoms with van der Waals surface area (Å²) in [6.45, 7) is 0. The molecule has 1 aromatic rings. The Bertz CT molecular complexity index is 578. The van der Waals surface area contributed by atoms with Crippen LogP contribution in [-0.4, -0.2) is 29.9 Å². The van der Waals surface area contributed by atoms with Crippen molar-refractivity contribution in [3.05, 3.63) is 29.3 Å². The number of piperazine rings is 1. The van der Waals surface area contributed by atoms with Gasteiger partial charge in [-0.3, -0.25) is 9.59 Å². The molecule has 3 rings (SSSR count). The van der Waals surface area contributed by atoms with E-state index in [0.29, 0.717) is 10.7 Å². The highest BCUT2D eigenvalue weighted by Crippen LogP contribution is 2.22. The summed E-state index contributed by atoms with van der Waals surface area (Å²) >= 11 is 5.89. The van der Waals surface area contributed by atoms with E-state index < -0.39 is 6.04 Å². The minimum Gasteiger partial charge on any atom is -0.350 e. The van der Waals surface area contributed by atoms with E-state index in [0.717, 1.165) is 19.3 Å². The Morgan fingerprint density at radius 1 is 1.27 bits per heavy atom. The zero-order valence-electron chi connectivity index (χ0n) is 12.3. The molecule has 1 aliphatic carbocycles. The number of carbonyl (C=O) groups is 2. The lowest BCUT2D eigenvalue weighted by atomic mass is 9.87. The number of hydrogen-bond acceptors (Lipinski definition) is 3. The van der Waals surface area contributed by atoms with E-state index >= 15 is 0 Å². The zero-order valence-corrected chi connectivity index (χ0v) is 13.0. The van der Waals surface area contributed by atoms with Crippen LogP contribution in [0.1, 0.15) is 32.1 Å². The molecule has 2 amide bonds.